The molecule has 2 aromatic rings. The molecule has 0 saturated carbocycles. The normalized spacial score (nSPS) is 15.1. The molecule has 0 aliphatic carbocycles. The molecule has 2 heterocycles. The Morgan fingerprint density at radius 1 is 1.31 bits per heavy atom. The van der Waals surface area contributed by atoms with Crippen LogP contribution in [0.15, 0.2) is 24.3 Å². The van der Waals surface area contributed by atoms with E-state index in [0.717, 1.165) is 31.6 Å². The van der Waals surface area contributed by atoms with Crippen LogP contribution in [-0.2, 0) is 7.05 Å². The van der Waals surface area contributed by atoms with Gasteiger partial charge in [0.2, 0.25) is 0 Å². The number of nitrogens with zero attached hydrogens (tertiary/aromatic N) is 4. The summed E-state index contributed by atoms with van der Waals surface area (Å²) in [5.41, 5.74) is 1.58. The van der Waals surface area contributed by atoms with Gasteiger partial charge in [-0.3, -0.25) is 19.6 Å². The zero-order chi connectivity index (χ0) is 18.8. The maximum absolute atomic E-state index is 12.5. The lowest BCUT2D eigenvalue weighted by atomic mass is 9.98. The Balaban J connectivity index is 1.85. The lowest BCUT2D eigenvalue weighted by molar-refractivity contribution is -0.384. The van der Waals surface area contributed by atoms with Gasteiger partial charge < -0.3 is 10.2 Å². The summed E-state index contributed by atoms with van der Waals surface area (Å²) in [6, 6.07) is 6.41. The topological polar surface area (TPSA) is 93.3 Å². The number of rotatable bonds is 4. The minimum absolute atomic E-state index is 0.0339. The van der Waals surface area contributed by atoms with Gasteiger partial charge in [-0.25, -0.2) is 0 Å². The second-order valence-corrected chi connectivity index (χ2v) is 6.88. The Kier molecular flexibility index (Phi) is 4.92. The molecule has 0 atom stereocenters. The number of hydrogen-bond donors (Lipinski definition) is 1. The highest BCUT2D eigenvalue weighted by atomic mass is 16.6. The zero-order valence-electron chi connectivity index (χ0n) is 15.2. The van der Waals surface area contributed by atoms with Gasteiger partial charge in [0.1, 0.15) is 11.5 Å². The van der Waals surface area contributed by atoms with E-state index in [2.05, 4.69) is 17.3 Å². The summed E-state index contributed by atoms with van der Waals surface area (Å²) in [7, 11) is 1.73. The molecule has 1 fully saturated rings. The van der Waals surface area contributed by atoms with Gasteiger partial charge in [-0.2, -0.15) is 5.10 Å². The number of carbonyl (C=O) groups is 1. The molecule has 138 valence electrons. The Morgan fingerprint density at radius 3 is 2.58 bits per heavy atom. The van der Waals surface area contributed by atoms with Crippen LogP contribution in [0.3, 0.4) is 0 Å². The van der Waals surface area contributed by atoms with Crippen LogP contribution in [0.25, 0.3) is 0 Å². The zero-order valence-corrected chi connectivity index (χ0v) is 15.2. The SMILES string of the molecule is Cc1cc(NC(=O)c2ccc(N3CCC(C)CC3)c([N+](=O)[O-])c2)n(C)n1. The van der Waals surface area contributed by atoms with Gasteiger partial charge in [0.25, 0.3) is 11.6 Å². The number of carbonyl (C=O) groups excluding carboxylic acids is 1. The Bertz CT molecular complexity index is 837. The number of anilines is 2. The summed E-state index contributed by atoms with van der Waals surface area (Å²) in [5.74, 6) is 0.789. The standard InChI is InChI=1S/C18H23N5O3/c1-12-6-8-22(9-7-12)15-5-4-14(11-16(15)23(25)26)18(24)19-17-10-13(2)20-21(17)3/h4-5,10-12H,6-9H2,1-3H3,(H,19,24). The number of amides is 1. The van der Waals surface area contributed by atoms with Crippen molar-refractivity contribution in [2.45, 2.75) is 26.7 Å². The largest absolute Gasteiger partial charge is 0.366 e. The smallest absolute Gasteiger partial charge is 0.293 e. The predicted molar refractivity (Wildman–Crippen MR) is 99.6 cm³/mol. The van der Waals surface area contributed by atoms with Crippen LogP contribution in [0.2, 0.25) is 0 Å². The van der Waals surface area contributed by atoms with E-state index in [1.54, 1.807) is 29.9 Å². The second-order valence-electron chi connectivity index (χ2n) is 6.88. The number of nitrogens with one attached hydrogen (secondary N) is 1. The van der Waals surface area contributed by atoms with Crippen molar-refractivity contribution in [2.75, 3.05) is 23.3 Å². The van der Waals surface area contributed by atoms with Crippen molar-refractivity contribution in [3.8, 4) is 0 Å². The first-order valence-corrected chi connectivity index (χ1v) is 8.70. The molecule has 1 saturated heterocycles. The Labute approximate surface area is 151 Å². The highest BCUT2D eigenvalue weighted by Crippen LogP contribution is 2.32. The van der Waals surface area contributed by atoms with Crippen molar-refractivity contribution in [2.24, 2.45) is 13.0 Å². The molecule has 0 unspecified atom stereocenters. The van der Waals surface area contributed by atoms with Crippen LogP contribution < -0.4 is 10.2 Å². The van der Waals surface area contributed by atoms with Crippen LogP contribution >= 0.6 is 0 Å². The first-order valence-electron chi connectivity index (χ1n) is 8.70. The number of nitro groups is 1. The van der Waals surface area contributed by atoms with E-state index in [4.69, 9.17) is 0 Å². The monoisotopic (exact) mass is 357 g/mol. The average molecular weight is 357 g/mol. The number of aromatic nitrogens is 2. The minimum atomic E-state index is -0.418. The van der Waals surface area contributed by atoms with Gasteiger partial charge in [-0.05, 0) is 37.8 Å². The van der Waals surface area contributed by atoms with Crippen molar-refractivity contribution in [1.82, 2.24) is 9.78 Å². The molecule has 0 spiro atoms. The van der Waals surface area contributed by atoms with Crippen LogP contribution in [0.1, 0.15) is 35.8 Å². The van der Waals surface area contributed by atoms with Gasteiger partial charge in [0.05, 0.1) is 10.6 Å². The van der Waals surface area contributed by atoms with Crippen LogP contribution in [0.4, 0.5) is 17.2 Å². The third kappa shape index (κ3) is 3.68. The quantitative estimate of drug-likeness (QED) is 0.670. The molecule has 1 N–H and O–H groups in total. The van der Waals surface area contributed by atoms with Gasteiger partial charge in [0.15, 0.2) is 0 Å². The lowest BCUT2D eigenvalue weighted by Crippen LogP contribution is -2.33. The number of nitro benzene ring substituents is 1. The molecule has 8 nitrogen and oxygen atoms in total. The second kappa shape index (κ2) is 7.15. The van der Waals surface area contributed by atoms with Crippen LogP contribution in [0, 0.1) is 23.0 Å². The molecular formula is C18H23N5O3. The highest BCUT2D eigenvalue weighted by Gasteiger charge is 2.25. The molecule has 0 bridgehead atoms. The molecule has 1 aromatic carbocycles. The lowest BCUT2D eigenvalue weighted by Gasteiger charge is -2.31. The van der Waals surface area contributed by atoms with E-state index in [-0.39, 0.29) is 11.3 Å². The van der Waals surface area contributed by atoms with E-state index >= 15 is 0 Å². The summed E-state index contributed by atoms with van der Waals surface area (Å²) >= 11 is 0. The molecule has 1 aromatic heterocycles. The van der Waals surface area contributed by atoms with Gasteiger partial charge >= 0.3 is 0 Å². The molecule has 1 amide bonds. The van der Waals surface area contributed by atoms with E-state index in [9.17, 15) is 14.9 Å². The van der Waals surface area contributed by atoms with Crippen molar-refractivity contribution in [3.63, 3.8) is 0 Å². The van der Waals surface area contributed by atoms with E-state index in [0.29, 0.717) is 17.4 Å². The third-order valence-corrected chi connectivity index (χ3v) is 4.80. The molecular weight excluding hydrogens is 334 g/mol. The summed E-state index contributed by atoms with van der Waals surface area (Å²) in [5, 5.41) is 18.5. The summed E-state index contributed by atoms with van der Waals surface area (Å²) in [6.07, 6.45) is 2.03. The summed E-state index contributed by atoms with van der Waals surface area (Å²) in [6.45, 7) is 5.61. The first-order chi connectivity index (χ1) is 12.3. The highest BCUT2D eigenvalue weighted by molar-refractivity contribution is 6.04. The molecule has 26 heavy (non-hydrogen) atoms. The van der Waals surface area contributed by atoms with Crippen LogP contribution in [0.5, 0.6) is 0 Å². The minimum Gasteiger partial charge on any atom is -0.366 e. The maximum Gasteiger partial charge on any atom is 0.293 e. The summed E-state index contributed by atoms with van der Waals surface area (Å²) in [4.78, 5) is 25.7. The molecule has 1 aliphatic heterocycles. The first kappa shape index (κ1) is 17.9. The number of piperidine rings is 1. The Hall–Kier alpha value is -2.90. The third-order valence-electron chi connectivity index (χ3n) is 4.80. The fraction of sp³-hybridized carbons (Fsp3) is 0.444. The fourth-order valence-electron chi connectivity index (χ4n) is 3.24. The molecule has 3 rings (SSSR count). The number of aryl methyl sites for hydroxylation is 2. The summed E-state index contributed by atoms with van der Waals surface area (Å²) < 4.78 is 1.56. The van der Waals surface area contributed by atoms with E-state index in [1.165, 1.54) is 6.07 Å². The van der Waals surface area contributed by atoms with Crippen molar-refractivity contribution >= 4 is 23.1 Å². The molecule has 8 heteroatoms. The number of hydrogen-bond acceptors (Lipinski definition) is 5. The van der Waals surface area contributed by atoms with E-state index < -0.39 is 10.8 Å². The Morgan fingerprint density at radius 2 is 2.00 bits per heavy atom. The fourth-order valence-corrected chi connectivity index (χ4v) is 3.24. The van der Waals surface area contributed by atoms with Gasteiger partial charge in [-0.1, -0.05) is 6.92 Å². The average Bonchev–Trinajstić information content (AvgIpc) is 2.92. The van der Waals surface area contributed by atoms with Crippen molar-refractivity contribution in [1.29, 1.82) is 0 Å². The predicted octanol–water partition coefficient (Wildman–Crippen LogP) is 3.13. The van der Waals surface area contributed by atoms with E-state index in [1.807, 2.05) is 11.8 Å². The molecule has 1 aliphatic rings. The van der Waals surface area contributed by atoms with Crippen molar-refractivity contribution < 1.29 is 9.72 Å². The maximum atomic E-state index is 12.5. The van der Waals surface area contributed by atoms with Gasteiger partial charge in [-0.15, -0.1) is 0 Å². The molecule has 0 radical (unpaired) electrons. The van der Waals surface area contributed by atoms with Gasteiger partial charge in [0, 0.05) is 37.8 Å². The van der Waals surface area contributed by atoms with Crippen LogP contribution in [-0.4, -0.2) is 33.7 Å². The van der Waals surface area contributed by atoms with Crippen molar-refractivity contribution in [3.05, 3.63) is 45.6 Å². The number of benzene rings is 1.